The summed E-state index contributed by atoms with van der Waals surface area (Å²) in [6.07, 6.45) is -0.639. The van der Waals surface area contributed by atoms with Gasteiger partial charge >= 0.3 is 0 Å². The molecule has 2 rings (SSSR count). The Balaban J connectivity index is 2.21. The Morgan fingerprint density at radius 1 is 1.00 bits per heavy atom. The Bertz CT molecular complexity index is 603. The van der Waals surface area contributed by atoms with Gasteiger partial charge in [0.05, 0.1) is 0 Å². The van der Waals surface area contributed by atoms with E-state index in [1.807, 2.05) is 42.5 Å². The molecule has 2 aromatic carbocycles. The van der Waals surface area contributed by atoms with Crippen molar-refractivity contribution in [2.45, 2.75) is 32.3 Å². The van der Waals surface area contributed by atoms with Crippen molar-refractivity contribution in [3.63, 3.8) is 0 Å². The summed E-state index contributed by atoms with van der Waals surface area (Å²) in [7, 11) is 0. The van der Waals surface area contributed by atoms with E-state index < -0.39 is 11.3 Å². The maximum Gasteiger partial charge on any atom is 0.262 e. The zero-order chi connectivity index (χ0) is 15.5. The first-order valence-electron chi connectivity index (χ1n) is 6.93. The molecular formula is C18H19ClO2. The number of benzene rings is 2. The molecule has 0 radical (unpaired) electrons. The first-order valence-corrected chi connectivity index (χ1v) is 7.31. The van der Waals surface area contributed by atoms with E-state index in [0.717, 1.165) is 0 Å². The van der Waals surface area contributed by atoms with Crippen LogP contribution in [0.2, 0.25) is 0 Å². The van der Waals surface area contributed by atoms with E-state index in [1.54, 1.807) is 6.92 Å². The summed E-state index contributed by atoms with van der Waals surface area (Å²) in [6.45, 7) is 6.00. The fourth-order valence-electron chi connectivity index (χ4n) is 2.22. The van der Waals surface area contributed by atoms with Gasteiger partial charge in [0, 0.05) is 5.41 Å². The largest absolute Gasteiger partial charge is 0.482 e. The minimum absolute atomic E-state index is 0.0896. The van der Waals surface area contributed by atoms with Crippen LogP contribution in [0.5, 0.6) is 5.75 Å². The molecule has 2 nitrogen and oxygen atoms in total. The molecule has 0 unspecified atom stereocenters. The minimum atomic E-state index is -0.639. The highest BCUT2D eigenvalue weighted by atomic mass is 35.5. The van der Waals surface area contributed by atoms with E-state index in [0.29, 0.717) is 5.75 Å². The maximum absolute atomic E-state index is 11.0. The van der Waals surface area contributed by atoms with Crippen LogP contribution in [0.15, 0.2) is 54.6 Å². The van der Waals surface area contributed by atoms with Crippen molar-refractivity contribution in [2.24, 2.45) is 0 Å². The molecule has 0 heterocycles. The van der Waals surface area contributed by atoms with Crippen molar-refractivity contribution in [2.75, 3.05) is 0 Å². The molecular weight excluding hydrogens is 284 g/mol. The quantitative estimate of drug-likeness (QED) is 0.758. The number of hydrogen-bond acceptors (Lipinski definition) is 2. The molecule has 110 valence electrons. The van der Waals surface area contributed by atoms with Gasteiger partial charge in [0.2, 0.25) is 0 Å². The maximum atomic E-state index is 11.0. The molecule has 0 bridgehead atoms. The van der Waals surface area contributed by atoms with Crippen molar-refractivity contribution in [1.82, 2.24) is 0 Å². The second-order valence-electron chi connectivity index (χ2n) is 5.58. The van der Waals surface area contributed by atoms with E-state index in [1.165, 1.54) is 11.1 Å². The number of ether oxygens (including phenoxy) is 1. The Kier molecular flexibility index (Phi) is 4.69. The third-order valence-electron chi connectivity index (χ3n) is 3.70. The molecule has 2 aromatic rings. The topological polar surface area (TPSA) is 26.3 Å². The Morgan fingerprint density at radius 2 is 1.52 bits per heavy atom. The van der Waals surface area contributed by atoms with Gasteiger partial charge in [0.15, 0.2) is 6.10 Å². The van der Waals surface area contributed by atoms with Gasteiger partial charge in [0.25, 0.3) is 5.24 Å². The number of hydrogen-bond donors (Lipinski definition) is 0. The van der Waals surface area contributed by atoms with Gasteiger partial charge < -0.3 is 4.74 Å². The molecule has 0 saturated carbocycles. The van der Waals surface area contributed by atoms with Crippen LogP contribution in [-0.2, 0) is 10.2 Å². The predicted octanol–water partition coefficient (Wildman–Crippen LogP) is 4.55. The van der Waals surface area contributed by atoms with Crippen molar-refractivity contribution in [1.29, 1.82) is 0 Å². The molecule has 3 heteroatoms. The molecule has 0 aliphatic carbocycles. The summed E-state index contributed by atoms with van der Waals surface area (Å²) in [5, 5.41) is -0.497. The van der Waals surface area contributed by atoms with Gasteiger partial charge in [-0.3, -0.25) is 4.79 Å². The van der Waals surface area contributed by atoms with Crippen LogP contribution >= 0.6 is 11.6 Å². The van der Waals surface area contributed by atoms with Crippen LogP contribution in [0.4, 0.5) is 0 Å². The number of halogens is 1. The van der Waals surface area contributed by atoms with Gasteiger partial charge in [-0.1, -0.05) is 56.3 Å². The molecule has 0 fully saturated rings. The average Bonchev–Trinajstić information content (AvgIpc) is 2.48. The first-order chi connectivity index (χ1) is 9.91. The van der Waals surface area contributed by atoms with Gasteiger partial charge in [0.1, 0.15) is 5.75 Å². The van der Waals surface area contributed by atoms with Crippen LogP contribution in [-0.4, -0.2) is 11.3 Å². The van der Waals surface area contributed by atoms with Crippen LogP contribution < -0.4 is 4.74 Å². The van der Waals surface area contributed by atoms with Crippen molar-refractivity contribution in [3.8, 4) is 5.75 Å². The molecule has 21 heavy (non-hydrogen) atoms. The van der Waals surface area contributed by atoms with Crippen LogP contribution in [0.3, 0.4) is 0 Å². The monoisotopic (exact) mass is 302 g/mol. The molecule has 0 N–H and O–H groups in total. The van der Waals surface area contributed by atoms with Gasteiger partial charge in [-0.25, -0.2) is 0 Å². The lowest BCUT2D eigenvalue weighted by Gasteiger charge is -2.26. The van der Waals surface area contributed by atoms with Crippen LogP contribution in [0.1, 0.15) is 31.9 Å². The van der Waals surface area contributed by atoms with Gasteiger partial charge in [-0.05, 0) is 41.8 Å². The number of carbonyl (C=O) groups is 1. The highest BCUT2D eigenvalue weighted by Crippen LogP contribution is 2.32. The summed E-state index contributed by atoms with van der Waals surface area (Å²) in [6, 6.07) is 18.1. The molecule has 0 aliphatic rings. The van der Waals surface area contributed by atoms with Crippen molar-refractivity contribution >= 4 is 16.8 Å². The van der Waals surface area contributed by atoms with Gasteiger partial charge in [-0.15, -0.1) is 0 Å². The third kappa shape index (κ3) is 3.64. The SMILES string of the molecule is C[C@H](Oc1ccc(C(C)(C)c2ccccc2)cc1)C(=O)Cl. The van der Waals surface area contributed by atoms with E-state index in [2.05, 4.69) is 26.0 Å². The zero-order valence-corrected chi connectivity index (χ0v) is 13.2. The highest BCUT2D eigenvalue weighted by Gasteiger charge is 2.22. The number of rotatable bonds is 5. The second kappa shape index (κ2) is 6.31. The summed E-state index contributed by atoms with van der Waals surface area (Å²) in [4.78, 5) is 11.0. The van der Waals surface area contributed by atoms with Crippen LogP contribution in [0.25, 0.3) is 0 Å². The standard InChI is InChI=1S/C18H19ClO2/c1-13(17(19)20)21-16-11-9-15(10-12-16)18(2,3)14-7-5-4-6-8-14/h4-13H,1-3H3/t13-/m0/s1. The molecule has 0 saturated heterocycles. The smallest absolute Gasteiger partial charge is 0.262 e. The summed E-state index contributed by atoms with van der Waals surface area (Å²) in [5.41, 5.74) is 2.35. The number of carbonyl (C=O) groups excluding carboxylic acids is 1. The molecule has 1 atom stereocenters. The molecule has 0 amide bonds. The Hall–Kier alpha value is -1.80. The summed E-state index contributed by atoms with van der Waals surface area (Å²) < 4.78 is 5.47. The fraction of sp³-hybridized carbons (Fsp3) is 0.278. The van der Waals surface area contributed by atoms with E-state index in [4.69, 9.17) is 16.3 Å². The first kappa shape index (κ1) is 15.6. The molecule has 0 aliphatic heterocycles. The summed E-state index contributed by atoms with van der Waals surface area (Å²) >= 11 is 5.40. The van der Waals surface area contributed by atoms with E-state index in [9.17, 15) is 4.79 Å². The van der Waals surface area contributed by atoms with E-state index >= 15 is 0 Å². The van der Waals surface area contributed by atoms with E-state index in [-0.39, 0.29) is 5.41 Å². The lowest BCUT2D eigenvalue weighted by Crippen LogP contribution is -2.20. The van der Waals surface area contributed by atoms with Crippen molar-refractivity contribution < 1.29 is 9.53 Å². The summed E-state index contributed by atoms with van der Waals surface area (Å²) in [5.74, 6) is 0.643. The molecule has 0 spiro atoms. The normalized spacial score (nSPS) is 12.8. The third-order valence-corrected chi connectivity index (χ3v) is 4.01. The average molecular weight is 303 g/mol. The predicted molar refractivity (Wildman–Crippen MR) is 86.0 cm³/mol. The van der Waals surface area contributed by atoms with Crippen LogP contribution in [0, 0.1) is 0 Å². The highest BCUT2D eigenvalue weighted by molar-refractivity contribution is 6.64. The lowest BCUT2D eigenvalue weighted by molar-refractivity contribution is -0.117. The second-order valence-corrected chi connectivity index (χ2v) is 5.95. The lowest BCUT2D eigenvalue weighted by atomic mass is 9.78. The Morgan fingerprint density at radius 3 is 2.05 bits per heavy atom. The molecule has 0 aromatic heterocycles. The zero-order valence-electron chi connectivity index (χ0n) is 12.5. The fourth-order valence-corrected chi connectivity index (χ4v) is 2.27. The van der Waals surface area contributed by atoms with Gasteiger partial charge in [-0.2, -0.15) is 0 Å². The minimum Gasteiger partial charge on any atom is -0.482 e. The van der Waals surface area contributed by atoms with Crippen molar-refractivity contribution in [3.05, 3.63) is 65.7 Å². The Labute approximate surface area is 130 Å².